The zero-order valence-corrected chi connectivity index (χ0v) is 42.2. The standard InChI is InChI=1S/C59H98O6/c1-4-7-10-13-16-19-22-25-28-29-32-35-38-41-44-47-50-53-59(62)65-56(54-63-57(60)51-48-45-42-39-36-33-30-26-23-20-17-14-11-8-5-2)55-64-58(61)52-49-46-43-40-37-34-31-27-24-21-18-15-12-9-6-3/h8-9,11-12,17-18,20-21,26-27,30-31,36-37,39-40,56H,4-7,10,13-16,19,22-25,28-29,32-35,38,41-55H2,1-3H3/b11-8-,12-9-,20-17-,21-18-,30-26-,31-27-,39-36-,40-37-. The first-order chi connectivity index (χ1) is 32.0. The van der Waals surface area contributed by atoms with E-state index >= 15 is 0 Å². The van der Waals surface area contributed by atoms with Crippen molar-refractivity contribution in [3.05, 3.63) is 97.2 Å². The van der Waals surface area contributed by atoms with Gasteiger partial charge in [-0.25, -0.2) is 0 Å². The van der Waals surface area contributed by atoms with E-state index in [1.54, 1.807) is 0 Å². The number of esters is 3. The maximum absolute atomic E-state index is 12.8. The van der Waals surface area contributed by atoms with E-state index in [2.05, 4.69) is 118 Å². The second-order valence-electron chi connectivity index (χ2n) is 17.4. The topological polar surface area (TPSA) is 78.9 Å². The van der Waals surface area contributed by atoms with Crippen molar-refractivity contribution >= 4 is 17.9 Å². The Morgan fingerprint density at radius 3 is 0.938 bits per heavy atom. The molecule has 0 spiro atoms. The molecule has 0 aliphatic heterocycles. The molecule has 0 N–H and O–H groups in total. The lowest BCUT2D eigenvalue weighted by Gasteiger charge is -2.18. The Morgan fingerprint density at radius 2 is 0.600 bits per heavy atom. The van der Waals surface area contributed by atoms with Crippen LogP contribution < -0.4 is 0 Å². The van der Waals surface area contributed by atoms with Gasteiger partial charge in [0.15, 0.2) is 6.10 Å². The SMILES string of the molecule is CC/C=C\C/C=C\C/C=C\C/C=C\CCCCC(=O)OCC(COC(=O)CCCC/C=C\C/C=C\C/C=C\C/C=C\CC)OC(=O)CCCCCCCCCCCCCCCCCCC. The summed E-state index contributed by atoms with van der Waals surface area (Å²) in [5.74, 6) is -0.989. The van der Waals surface area contributed by atoms with Gasteiger partial charge in [-0.15, -0.1) is 0 Å². The van der Waals surface area contributed by atoms with Gasteiger partial charge in [-0.05, 0) is 96.3 Å². The number of carbonyl (C=O) groups is 3. The molecule has 0 rings (SSSR count). The Labute approximate surface area is 400 Å². The zero-order valence-electron chi connectivity index (χ0n) is 42.2. The van der Waals surface area contributed by atoms with Gasteiger partial charge in [-0.3, -0.25) is 14.4 Å². The molecule has 0 amide bonds. The summed E-state index contributed by atoms with van der Waals surface area (Å²) < 4.78 is 16.8. The number of unbranched alkanes of at least 4 members (excludes halogenated alkanes) is 20. The van der Waals surface area contributed by atoms with Crippen LogP contribution in [-0.2, 0) is 28.6 Å². The van der Waals surface area contributed by atoms with Crippen LogP contribution in [0.3, 0.4) is 0 Å². The maximum Gasteiger partial charge on any atom is 0.306 e. The van der Waals surface area contributed by atoms with Crippen molar-refractivity contribution in [1.29, 1.82) is 0 Å². The third-order valence-corrected chi connectivity index (χ3v) is 11.1. The van der Waals surface area contributed by atoms with Crippen LogP contribution in [0.25, 0.3) is 0 Å². The average Bonchev–Trinajstić information content (AvgIpc) is 3.30. The van der Waals surface area contributed by atoms with Gasteiger partial charge in [-0.2, -0.15) is 0 Å². The lowest BCUT2D eigenvalue weighted by molar-refractivity contribution is -0.167. The summed E-state index contributed by atoms with van der Waals surface area (Å²) in [5.41, 5.74) is 0. The summed E-state index contributed by atoms with van der Waals surface area (Å²) in [4.78, 5) is 38.0. The van der Waals surface area contributed by atoms with E-state index in [-0.39, 0.29) is 31.1 Å². The van der Waals surface area contributed by atoms with Crippen molar-refractivity contribution in [3.8, 4) is 0 Å². The molecule has 0 saturated carbocycles. The molecule has 0 aromatic heterocycles. The summed E-state index contributed by atoms with van der Waals surface area (Å²) >= 11 is 0. The van der Waals surface area contributed by atoms with E-state index in [1.165, 1.54) is 89.9 Å². The molecule has 370 valence electrons. The molecule has 0 unspecified atom stereocenters. The fraction of sp³-hybridized carbons (Fsp3) is 0.678. The van der Waals surface area contributed by atoms with Crippen LogP contribution in [-0.4, -0.2) is 37.2 Å². The molecular formula is C59H98O6. The number of hydrogen-bond donors (Lipinski definition) is 0. The molecule has 65 heavy (non-hydrogen) atoms. The van der Waals surface area contributed by atoms with Crippen molar-refractivity contribution in [2.45, 2.75) is 245 Å². The van der Waals surface area contributed by atoms with Gasteiger partial charge in [0.2, 0.25) is 0 Å². The van der Waals surface area contributed by atoms with E-state index in [4.69, 9.17) is 14.2 Å². The summed E-state index contributed by atoms with van der Waals surface area (Å²) in [6, 6.07) is 0. The molecule has 0 aromatic rings. The first-order valence-corrected chi connectivity index (χ1v) is 26.7. The van der Waals surface area contributed by atoms with E-state index in [0.717, 1.165) is 109 Å². The van der Waals surface area contributed by atoms with Gasteiger partial charge in [0.1, 0.15) is 13.2 Å². The van der Waals surface area contributed by atoms with Crippen molar-refractivity contribution < 1.29 is 28.6 Å². The number of hydrogen-bond acceptors (Lipinski definition) is 6. The van der Waals surface area contributed by atoms with Crippen molar-refractivity contribution in [2.24, 2.45) is 0 Å². The Bertz CT molecular complexity index is 1240. The zero-order chi connectivity index (χ0) is 47.2. The smallest absolute Gasteiger partial charge is 0.306 e. The molecule has 0 radical (unpaired) electrons. The highest BCUT2D eigenvalue weighted by molar-refractivity contribution is 5.71. The Balaban J connectivity index is 4.50. The minimum absolute atomic E-state index is 0.112. The van der Waals surface area contributed by atoms with E-state index in [0.29, 0.717) is 19.3 Å². The molecule has 0 fully saturated rings. The van der Waals surface area contributed by atoms with Crippen LogP contribution in [0.1, 0.15) is 239 Å². The number of carbonyl (C=O) groups excluding carboxylic acids is 3. The largest absolute Gasteiger partial charge is 0.462 e. The summed E-state index contributed by atoms with van der Waals surface area (Å²) in [6.07, 6.45) is 69.7. The van der Waals surface area contributed by atoms with Gasteiger partial charge in [0, 0.05) is 19.3 Å². The predicted octanol–water partition coefficient (Wildman–Crippen LogP) is 17.8. The molecule has 6 heteroatoms. The molecule has 0 aromatic carbocycles. The molecule has 0 atom stereocenters. The number of allylic oxidation sites excluding steroid dienone is 16. The van der Waals surface area contributed by atoms with Crippen LogP contribution in [0.15, 0.2) is 97.2 Å². The fourth-order valence-corrected chi connectivity index (χ4v) is 7.13. The predicted molar refractivity (Wildman–Crippen MR) is 279 cm³/mol. The Kier molecular flexibility index (Phi) is 50.0. The third kappa shape index (κ3) is 51.2. The van der Waals surface area contributed by atoms with Gasteiger partial charge in [0.05, 0.1) is 0 Å². The second kappa shape index (κ2) is 52.9. The lowest BCUT2D eigenvalue weighted by Crippen LogP contribution is -2.30. The Hall–Kier alpha value is -3.67. The number of ether oxygens (including phenoxy) is 3. The molecule has 0 heterocycles. The highest BCUT2D eigenvalue weighted by Crippen LogP contribution is 2.15. The van der Waals surface area contributed by atoms with Gasteiger partial charge < -0.3 is 14.2 Å². The maximum atomic E-state index is 12.8. The normalized spacial score (nSPS) is 12.4. The quantitative estimate of drug-likeness (QED) is 0.0262. The van der Waals surface area contributed by atoms with E-state index < -0.39 is 6.10 Å². The lowest BCUT2D eigenvalue weighted by atomic mass is 10.0. The molecule has 0 aliphatic carbocycles. The minimum Gasteiger partial charge on any atom is -0.462 e. The van der Waals surface area contributed by atoms with Crippen LogP contribution in [0.4, 0.5) is 0 Å². The summed E-state index contributed by atoms with van der Waals surface area (Å²) in [5, 5.41) is 0. The highest BCUT2D eigenvalue weighted by Gasteiger charge is 2.19. The van der Waals surface area contributed by atoms with Crippen molar-refractivity contribution in [3.63, 3.8) is 0 Å². The van der Waals surface area contributed by atoms with Gasteiger partial charge in [0.25, 0.3) is 0 Å². The highest BCUT2D eigenvalue weighted by atomic mass is 16.6. The van der Waals surface area contributed by atoms with Gasteiger partial charge >= 0.3 is 17.9 Å². The first-order valence-electron chi connectivity index (χ1n) is 26.7. The third-order valence-electron chi connectivity index (χ3n) is 11.1. The van der Waals surface area contributed by atoms with Crippen LogP contribution in [0, 0.1) is 0 Å². The van der Waals surface area contributed by atoms with Crippen LogP contribution in [0.2, 0.25) is 0 Å². The monoisotopic (exact) mass is 903 g/mol. The number of rotatable bonds is 47. The average molecular weight is 903 g/mol. The summed E-state index contributed by atoms with van der Waals surface area (Å²) in [6.45, 7) is 6.34. The second-order valence-corrected chi connectivity index (χ2v) is 17.4. The van der Waals surface area contributed by atoms with Crippen LogP contribution in [0.5, 0.6) is 0 Å². The van der Waals surface area contributed by atoms with Crippen molar-refractivity contribution in [2.75, 3.05) is 13.2 Å². The van der Waals surface area contributed by atoms with Crippen LogP contribution >= 0.6 is 0 Å². The fourth-order valence-electron chi connectivity index (χ4n) is 7.13. The molecule has 0 saturated heterocycles. The molecular weight excluding hydrogens is 805 g/mol. The van der Waals surface area contributed by atoms with Crippen molar-refractivity contribution in [1.82, 2.24) is 0 Å². The van der Waals surface area contributed by atoms with E-state index in [9.17, 15) is 14.4 Å². The first kappa shape index (κ1) is 61.3. The molecule has 0 bridgehead atoms. The molecule has 6 nitrogen and oxygen atoms in total. The minimum atomic E-state index is -0.810. The van der Waals surface area contributed by atoms with E-state index in [1.807, 2.05) is 0 Å². The van der Waals surface area contributed by atoms with Gasteiger partial charge in [-0.1, -0.05) is 221 Å². The summed E-state index contributed by atoms with van der Waals surface area (Å²) in [7, 11) is 0. The molecule has 0 aliphatic rings. The Morgan fingerprint density at radius 1 is 0.323 bits per heavy atom.